The lowest BCUT2D eigenvalue weighted by Gasteiger charge is -2.28. The first-order valence-electron chi connectivity index (χ1n) is 7.99. The van der Waals surface area contributed by atoms with Crippen LogP contribution in [0.2, 0.25) is 0 Å². The van der Waals surface area contributed by atoms with Gasteiger partial charge in [-0.1, -0.05) is 55.5 Å². The second-order valence-corrected chi connectivity index (χ2v) is 7.10. The standard InChI is InChI=1S/C19H22N2OS.ClH/c1-13(18(20)14-7-3-2-4-8-14)19(22)21-16-11-12-23-17-10-6-5-9-15(16)17;/h2-10,13,16,18H,11-12,20H2,1H3,(H,21,22);1H. The number of benzene rings is 2. The number of hydrogen-bond acceptors (Lipinski definition) is 3. The van der Waals surface area contributed by atoms with Crippen molar-refractivity contribution in [3.63, 3.8) is 0 Å². The zero-order valence-corrected chi connectivity index (χ0v) is 15.3. The van der Waals surface area contributed by atoms with E-state index in [9.17, 15) is 4.79 Å². The zero-order valence-electron chi connectivity index (χ0n) is 13.6. The second kappa shape index (κ2) is 8.56. The van der Waals surface area contributed by atoms with Crippen LogP contribution in [0.3, 0.4) is 0 Å². The molecule has 3 atom stereocenters. The van der Waals surface area contributed by atoms with Gasteiger partial charge >= 0.3 is 0 Å². The third kappa shape index (κ3) is 4.12. The molecule has 0 aromatic heterocycles. The number of rotatable bonds is 4. The molecule has 2 aromatic carbocycles. The van der Waals surface area contributed by atoms with Gasteiger partial charge in [0.1, 0.15) is 0 Å². The van der Waals surface area contributed by atoms with Crippen LogP contribution in [0, 0.1) is 5.92 Å². The summed E-state index contributed by atoms with van der Waals surface area (Å²) in [6.07, 6.45) is 0.959. The van der Waals surface area contributed by atoms with Crippen LogP contribution in [-0.4, -0.2) is 11.7 Å². The maximum Gasteiger partial charge on any atom is 0.225 e. The average Bonchev–Trinajstić information content (AvgIpc) is 2.61. The molecule has 1 amide bonds. The Morgan fingerprint density at radius 1 is 1.17 bits per heavy atom. The summed E-state index contributed by atoms with van der Waals surface area (Å²) < 4.78 is 0. The molecule has 3 nitrogen and oxygen atoms in total. The predicted molar refractivity (Wildman–Crippen MR) is 102 cm³/mol. The van der Waals surface area contributed by atoms with E-state index in [-0.39, 0.29) is 36.3 Å². The molecule has 0 saturated carbocycles. The first-order chi connectivity index (χ1) is 11.2. The van der Waals surface area contributed by atoms with Crippen LogP contribution in [0.5, 0.6) is 0 Å². The third-order valence-corrected chi connectivity index (χ3v) is 5.53. The molecule has 5 heteroatoms. The van der Waals surface area contributed by atoms with E-state index in [1.807, 2.05) is 61.2 Å². The van der Waals surface area contributed by atoms with Gasteiger partial charge in [-0.05, 0) is 23.6 Å². The largest absolute Gasteiger partial charge is 0.349 e. The maximum atomic E-state index is 12.6. The van der Waals surface area contributed by atoms with Crippen LogP contribution >= 0.6 is 24.2 Å². The Labute approximate surface area is 153 Å². The van der Waals surface area contributed by atoms with Crippen molar-refractivity contribution in [2.45, 2.75) is 30.3 Å². The lowest BCUT2D eigenvalue weighted by molar-refractivity contribution is -0.126. The van der Waals surface area contributed by atoms with E-state index >= 15 is 0 Å². The molecule has 3 N–H and O–H groups in total. The molecule has 3 unspecified atom stereocenters. The fraction of sp³-hybridized carbons (Fsp3) is 0.316. The average molecular weight is 363 g/mol. The molecule has 0 spiro atoms. The van der Waals surface area contributed by atoms with Crippen LogP contribution in [-0.2, 0) is 4.79 Å². The van der Waals surface area contributed by atoms with Gasteiger partial charge in [0, 0.05) is 16.7 Å². The van der Waals surface area contributed by atoms with Gasteiger partial charge in [0.15, 0.2) is 0 Å². The fourth-order valence-corrected chi connectivity index (χ4v) is 4.05. The lowest BCUT2D eigenvalue weighted by Crippen LogP contribution is -2.38. The Balaban J connectivity index is 0.00000208. The Morgan fingerprint density at radius 2 is 1.83 bits per heavy atom. The van der Waals surface area contributed by atoms with Crippen LogP contribution in [0.1, 0.15) is 36.6 Å². The van der Waals surface area contributed by atoms with Crippen LogP contribution in [0.4, 0.5) is 0 Å². The zero-order chi connectivity index (χ0) is 16.2. The van der Waals surface area contributed by atoms with Crippen molar-refractivity contribution in [2.75, 3.05) is 5.75 Å². The van der Waals surface area contributed by atoms with Crippen molar-refractivity contribution in [1.82, 2.24) is 5.32 Å². The van der Waals surface area contributed by atoms with Crippen molar-refractivity contribution >= 4 is 30.1 Å². The van der Waals surface area contributed by atoms with Gasteiger partial charge in [-0.3, -0.25) is 4.79 Å². The molecule has 0 bridgehead atoms. The van der Waals surface area contributed by atoms with Crippen LogP contribution in [0.25, 0.3) is 0 Å². The highest BCUT2D eigenvalue weighted by Crippen LogP contribution is 2.36. The van der Waals surface area contributed by atoms with E-state index in [1.165, 1.54) is 10.5 Å². The number of fused-ring (bicyclic) bond motifs is 1. The van der Waals surface area contributed by atoms with Crippen LogP contribution < -0.4 is 11.1 Å². The quantitative estimate of drug-likeness (QED) is 0.860. The highest BCUT2D eigenvalue weighted by atomic mass is 35.5. The van der Waals surface area contributed by atoms with Gasteiger partial charge in [-0.25, -0.2) is 0 Å². The number of thioether (sulfide) groups is 1. The smallest absolute Gasteiger partial charge is 0.225 e. The minimum Gasteiger partial charge on any atom is -0.349 e. The van der Waals surface area contributed by atoms with Gasteiger partial charge in [-0.15, -0.1) is 24.2 Å². The van der Waals surface area contributed by atoms with E-state index in [4.69, 9.17) is 5.73 Å². The first-order valence-corrected chi connectivity index (χ1v) is 8.98. The predicted octanol–water partition coefficient (Wildman–Crippen LogP) is 4.10. The van der Waals surface area contributed by atoms with E-state index in [1.54, 1.807) is 0 Å². The molecule has 1 aliphatic rings. The molecule has 0 saturated heterocycles. The number of halogens is 1. The summed E-state index contributed by atoms with van der Waals surface area (Å²) in [7, 11) is 0. The fourth-order valence-electron chi connectivity index (χ4n) is 2.92. The van der Waals surface area contributed by atoms with Gasteiger partial charge in [0.25, 0.3) is 0 Å². The van der Waals surface area contributed by atoms with E-state index < -0.39 is 0 Å². The maximum absolute atomic E-state index is 12.6. The number of amides is 1. The highest BCUT2D eigenvalue weighted by Gasteiger charge is 2.27. The normalized spacial score (nSPS) is 18.7. The molecule has 24 heavy (non-hydrogen) atoms. The van der Waals surface area contributed by atoms with Crippen molar-refractivity contribution in [3.05, 3.63) is 65.7 Å². The SMILES string of the molecule is CC(C(=O)NC1CCSc2ccccc21)C(N)c1ccccc1.Cl. The van der Waals surface area contributed by atoms with Crippen LogP contribution in [0.15, 0.2) is 59.5 Å². The molecule has 128 valence electrons. The number of carbonyl (C=O) groups excluding carboxylic acids is 1. The second-order valence-electron chi connectivity index (χ2n) is 5.96. The summed E-state index contributed by atoms with van der Waals surface area (Å²) in [5.74, 6) is 0.786. The summed E-state index contributed by atoms with van der Waals surface area (Å²) >= 11 is 1.86. The summed E-state index contributed by atoms with van der Waals surface area (Å²) in [6, 6.07) is 17.9. The molecule has 0 aliphatic carbocycles. The van der Waals surface area contributed by atoms with Crippen molar-refractivity contribution < 1.29 is 4.79 Å². The highest BCUT2D eigenvalue weighted by molar-refractivity contribution is 7.99. The number of nitrogens with one attached hydrogen (secondary N) is 1. The molecular formula is C19H23ClN2OS. The topological polar surface area (TPSA) is 55.1 Å². The summed E-state index contributed by atoms with van der Waals surface area (Å²) in [5.41, 5.74) is 8.49. The number of nitrogens with two attached hydrogens (primary N) is 1. The third-order valence-electron chi connectivity index (χ3n) is 4.41. The molecule has 2 aromatic rings. The van der Waals surface area contributed by atoms with Crippen molar-refractivity contribution in [1.29, 1.82) is 0 Å². The van der Waals surface area contributed by atoms with E-state index in [0.29, 0.717) is 0 Å². The summed E-state index contributed by atoms with van der Waals surface area (Å²) in [4.78, 5) is 13.9. The molecular weight excluding hydrogens is 340 g/mol. The van der Waals surface area contributed by atoms with Gasteiger partial charge in [0.2, 0.25) is 5.91 Å². The molecule has 0 radical (unpaired) electrons. The Bertz CT molecular complexity index is 680. The molecule has 3 rings (SSSR count). The van der Waals surface area contributed by atoms with E-state index in [2.05, 4.69) is 17.4 Å². The minimum atomic E-state index is -0.288. The van der Waals surface area contributed by atoms with Gasteiger partial charge in [0.05, 0.1) is 12.0 Å². The lowest BCUT2D eigenvalue weighted by atomic mass is 9.93. The van der Waals surface area contributed by atoms with E-state index in [0.717, 1.165) is 17.7 Å². The molecule has 0 fully saturated rings. The molecule has 1 aliphatic heterocycles. The summed E-state index contributed by atoms with van der Waals surface area (Å²) in [6.45, 7) is 1.90. The number of carbonyl (C=O) groups is 1. The Hall–Kier alpha value is -1.49. The van der Waals surface area contributed by atoms with Crippen molar-refractivity contribution in [3.8, 4) is 0 Å². The van der Waals surface area contributed by atoms with Gasteiger partial charge < -0.3 is 11.1 Å². The molecule has 1 heterocycles. The Morgan fingerprint density at radius 3 is 2.58 bits per heavy atom. The summed E-state index contributed by atoms with van der Waals surface area (Å²) in [5, 5.41) is 3.19. The monoisotopic (exact) mass is 362 g/mol. The number of hydrogen-bond donors (Lipinski definition) is 2. The first kappa shape index (κ1) is 18.8. The van der Waals surface area contributed by atoms with Crippen molar-refractivity contribution in [2.24, 2.45) is 11.7 Å². The Kier molecular flexibility index (Phi) is 6.72. The van der Waals surface area contributed by atoms with Gasteiger partial charge in [-0.2, -0.15) is 0 Å². The minimum absolute atomic E-state index is 0.